The van der Waals surface area contributed by atoms with Crippen LogP contribution in [0.2, 0.25) is 18.1 Å². The lowest BCUT2D eigenvalue weighted by Gasteiger charge is -2.39. The van der Waals surface area contributed by atoms with Gasteiger partial charge in [0, 0.05) is 12.5 Å². The SMILES string of the molecule is C[C@@H](C[C@@H]1OC(C)(C)O[C@H]1C1SCCCS1)O[Si](C)(C)C(C)(C)C. The topological polar surface area (TPSA) is 27.7 Å². The summed E-state index contributed by atoms with van der Waals surface area (Å²) in [4.78, 5) is 0. The van der Waals surface area contributed by atoms with Crippen molar-refractivity contribution < 1.29 is 13.9 Å². The highest BCUT2D eigenvalue weighted by Gasteiger charge is 2.47. The van der Waals surface area contributed by atoms with Gasteiger partial charge in [0.05, 0.1) is 10.7 Å². The van der Waals surface area contributed by atoms with E-state index in [1.165, 1.54) is 17.9 Å². The zero-order valence-corrected chi connectivity index (χ0v) is 19.3. The fourth-order valence-electron chi connectivity index (χ4n) is 3.03. The molecule has 6 heteroatoms. The molecule has 0 aromatic heterocycles. The Morgan fingerprint density at radius 2 is 1.75 bits per heavy atom. The summed E-state index contributed by atoms with van der Waals surface area (Å²) >= 11 is 4.07. The first-order chi connectivity index (χ1) is 10.9. The summed E-state index contributed by atoms with van der Waals surface area (Å²) < 4.78 is 19.6. The molecule has 0 aliphatic carbocycles. The van der Waals surface area contributed by atoms with Gasteiger partial charge < -0.3 is 13.9 Å². The van der Waals surface area contributed by atoms with Crippen LogP contribution in [-0.4, -0.2) is 48.5 Å². The molecule has 2 heterocycles. The van der Waals surface area contributed by atoms with Crippen LogP contribution in [0.3, 0.4) is 0 Å². The second-order valence-electron chi connectivity index (χ2n) is 9.03. The zero-order valence-electron chi connectivity index (χ0n) is 16.7. The second kappa shape index (κ2) is 7.81. The molecule has 2 saturated heterocycles. The van der Waals surface area contributed by atoms with Gasteiger partial charge in [-0.05, 0) is 56.8 Å². The predicted molar refractivity (Wildman–Crippen MR) is 110 cm³/mol. The van der Waals surface area contributed by atoms with Crippen LogP contribution in [0.25, 0.3) is 0 Å². The first-order valence-corrected chi connectivity index (χ1v) is 14.2. The van der Waals surface area contributed by atoms with E-state index >= 15 is 0 Å². The smallest absolute Gasteiger partial charge is 0.192 e. The Balaban J connectivity index is 2.00. The minimum atomic E-state index is -1.74. The van der Waals surface area contributed by atoms with E-state index in [1.54, 1.807) is 0 Å². The molecule has 0 saturated carbocycles. The molecule has 0 aromatic carbocycles. The summed E-state index contributed by atoms with van der Waals surface area (Å²) in [6, 6.07) is 0. The third-order valence-electron chi connectivity index (χ3n) is 5.21. The number of thioether (sulfide) groups is 2. The Labute approximate surface area is 158 Å². The van der Waals surface area contributed by atoms with Crippen molar-refractivity contribution in [3.63, 3.8) is 0 Å². The maximum absolute atomic E-state index is 6.56. The number of rotatable bonds is 5. The van der Waals surface area contributed by atoms with Crippen LogP contribution in [0.1, 0.15) is 54.4 Å². The monoisotopic (exact) mass is 392 g/mol. The quantitative estimate of drug-likeness (QED) is 0.576. The molecule has 2 aliphatic heterocycles. The van der Waals surface area contributed by atoms with E-state index in [1.807, 2.05) is 37.4 Å². The molecule has 3 nitrogen and oxygen atoms in total. The maximum atomic E-state index is 6.56. The van der Waals surface area contributed by atoms with Crippen molar-refractivity contribution in [2.24, 2.45) is 0 Å². The van der Waals surface area contributed by atoms with E-state index in [-0.39, 0.29) is 23.4 Å². The number of hydrogen-bond acceptors (Lipinski definition) is 5. The fraction of sp³-hybridized carbons (Fsp3) is 1.00. The van der Waals surface area contributed by atoms with E-state index in [4.69, 9.17) is 13.9 Å². The van der Waals surface area contributed by atoms with Gasteiger partial charge in [0.15, 0.2) is 14.1 Å². The molecule has 3 atom stereocenters. The maximum Gasteiger partial charge on any atom is 0.192 e. The number of ether oxygens (including phenoxy) is 2. The molecule has 2 rings (SSSR count). The Bertz CT molecular complexity index is 417. The molecule has 0 aromatic rings. The van der Waals surface area contributed by atoms with E-state index in [9.17, 15) is 0 Å². The van der Waals surface area contributed by atoms with Crippen molar-refractivity contribution in [2.45, 2.75) is 101 Å². The molecule has 142 valence electrons. The van der Waals surface area contributed by atoms with E-state index in [0.29, 0.717) is 4.58 Å². The average Bonchev–Trinajstić information content (AvgIpc) is 2.72. The third kappa shape index (κ3) is 5.40. The summed E-state index contributed by atoms with van der Waals surface area (Å²) in [5.41, 5.74) is 0. The number of hydrogen-bond donors (Lipinski definition) is 0. The Kier molecular flexibility index (Phi) is 6.87. The van der Waals surface area contributed by atoms with Crippen LogP contribution in [0, 0.1) is 0 Å². The molecular weight excluding hydrogens is 356 g/mol. The van der Waals surface area contributed by atoms with E-state index < -0.39 is 14.1 Å². The standard InChI is InChI=1S/C18H36O3S2Si/c1-13(21-24(7,8)17(2,3)4)12-14-15(20-18(5,6)19-14)16-22-10-9-11-23-16/h13-16H,9-12H2,1-8H3/t13-,14-,15+/m0/s1. The van der Waals surface area contributed by atoms with Gasteiger partial charge >= 0.3 is 0 Å². The Morgan fingerprint density at radius 3 is 2.29 bits per heavy atom. The lowest BCUT2D eigenvalue weighted by Crippen LogP contribution is -2.45. The van der Waals surface area contributed by atoms with Gasteiger partial charge in [-0.15, -0.1) is 23.5 Å². The van der Waals surface area contributed by atoms with Crippen LogP contribution in [0.5, 0.6) is 0 Å². The lowest BCUT2D eigenvalue weighted by molar-refractivity contribution is -0.146. The average molecular weight is 393 g/mol. The van der Waals surface area contributed by atoms with Crippen LogP contribution in [0.4, 0.5) is 0 Å². The van der Waals surface area contributed by atoms with Crippen LogP contribution in [-0.2, 0) is 13.9 Å². The van der Waals surface area contributed by atoms with Crippen molar-refractivity contribution >= 4 is 31.8 Å². The lowest BCUT2D eigenvalue weighted by atomic mass is 10.1. The molecule has 2 aliphatic rings. The van der Waals surface area contributed by atoms with E-state index in [0.717, 1.165) is 6.42 Å². The van der Waals surface area contributed by atoms with E-state index in [2.05, 4.69) is 40.8 Å². The van der Waals surface area contributed by atoms with Crippen molar-refractivity contribution in [1.29, 1.82) is 0 Å². The molecule has 0 amide bonds. The molecule has 2 fully saturated rings. The molecule has 0 bridgehead atoms. The predicted octanol–water partition coefficient (Wildman–Crippen LogP) is 5.50. The second-order valence-corrected chi connectivity index (χ2v) is 16.6. The largest absolute Gasteiger partial charge is 0.414 e. The highest BCUT2D eigenvalue weighted by molar-refractivity contribution is 8.17. The normalized spacial score (nSPS) is 30.5. The van der Waals surface area contributed by atoms with Gasteiger partial charge in [0.25, 0.3) is 0 Å². The van der Waals surface area contributed by atoms with Crippen LogP contribution < -0.4 is 0 Å². The van der Waals surface area contributed by atoms with Gasteiger partial charge in [-0.3, -0.25) is 0 Å². The summed E-state index contributed by atoms with van der Waals surface area (Å²) in [5.74, 6) is 1.99. The summed E-state index contributed by atoms with van der Waals surface area (Å²) in [5, 5.41) is 0.238. The first kappa shape index (κ1) is 21.1. The van der Waals surface area contributed by atoms with Gasteiger partial charge in [-0.25, -0.2) is 0 Å². The van der Waals surface area contributed by atoms with Crippen LogP contribution in [0.15, 0.2) is 0 Å². The molecule has 0 radical (unpaired) electrons. The highest BCUT2D eigenvalue weighted by Crippen LogP contribution is 2.43. The molecule has 0 spiro atoms. The zero-order chi connectivity index (χ0) is 18.2. The third-order valence-corrected chi connectivity index (χ3v) is 12.9. The van der Waals surface area contributed by atoms with Crippen molar-refractivity contribution in [1.82, 2.24) is 0 Å². The highest BCUT2D eigenvalue weighted by atomic mass is 32.2. The molecular formula is C18H36O3S2Si. The first-order valence-electron chi connectivity index (χ1n) is 9.18. The summed E-state index contributed by atoms with van der Waals surface area (Å²) in [7, 11) is -1.74. The van der Waals surface area contributed by atoms with Crippen LogP contribution >= 0.6 is 23.5 Å². The Morgan fingerprint density at radius 1 is 1.17 bits per heavy atom. The van der Waals surface area contributed by atoms with Gasteiger partial charge in [0.1, 0.15) is 6.10 Å². The van der Waals surface area contributed by atoms with Crippen molar-refractivity contribution in [3.05, 3.63) is 0 Å². The molecule has 0 unspecified atom stereocenters. The Hall–Kier alpha value is 0.797. The van der Waals surface area contributed by atoms with Gasteiger partial charge in [-0.2, -0.15) is 0 Å². The molecule has 0 N–H and O–H groups in total. The minimum absolute atomic E-state index is 0.128. The summed E-state index contributed by atoms with van der Waals surface area (Å²) in [6.07, 6.45) is 2.72. The van der Waals surface area contributed by atoms with Gasteiger partial charge in [-0.1, -0.05) is 20.8 Å². The van der Waals surface area contributed by atoms with Crippen molar-refractivity contribution in [3.8, 4) is 0 Å². The summed E-state index contributed by atoms with van der Waals surface area (Å²) in [6.45, 7) is 17.8. The fourth-order valence-corrected chi connectivity index (χ4v) is 7.56. The molecule has 24 heavy (non-hydrogen) atoms. The van der Waals surface area contributed by atoms with Gasteiger partial charge in [0.2, 0.25) is 0 Å². The van der Waals surface area contributed by atoms with Crippen molar-refractivity contribution in [2.75, 3.05) is 11.5 Å². The minimum Gasteiger partial charge on any atom is -0.414 e.